The van der Waals surface area contributed by atoms with Gasteiger partial charge in [0.05, 0.1) is 23.5 Å². The summed E-state index contributed by atoms with van der Waals surface area (Å²) in [6.45, 7) is 7.79. The number of hydrogen-bond acceptors (Lipinski definition) is 3. The van der Waals surface area contributed by atoms with E-state index in [2.05, 4.69) is 15.7 Å². The zero-order chi connectivity index (χ0) is 21.9. The van der Waals surface area contributed by atoms with Crippen LogP contribution in [-0.4, -0.2) is 28.1 Å². The first kappa shape index (κ1) is 21.2. The van der Waals surface area contributed by atoms with Gasteiger partial charge in [0.25, 0.3) is 5.91 Å². The molecule has 2 amide bonds. The number of aromatic nitrogens is 2. The molecule has 0 unspecified atom stereocenters. The first-order valence-corrected chi connectivity index (χ1v) is 9.66. The van der Waals surface area contributed by atoms with Gasteiger partial charge in [-0.15, -0.1) is 0 Å². The van der Waals surface area contributed by atoms with Crippen LogP contribution in [0.3, 0.4) is 0 Å². The number of carbonyl (C=O) groups excluding carboxylic acids is 2. The summed E-state index contributed by atoms with van der Waals surface area (Å²) in [5, 5.41) is 9.94. The van der Waals surface area contributed by atoms with Gasteiger partial charge in [-0.05, 0) is 30.7 Å². The van der Waals surface area contributed by atoms with Gasteiger partial charge in [0.15, 0.2) is 0 Å². The maximum Gasteiger partial charge on any atom is 0.254 e. The lowest BCUT2D eigenvalue weighted by Gasteiger charge is -2.14. The maximum atomic E-state index is 13.7. The number of rotatable bonds is 5. The number of hydrogen-bond donors (Lipinski definition) is 2. The minimum Gasteiger partial charge on any atom is -0.343 e. The van der Waals surface area contributed by atoms with Crippen LogP contribution in [0.2, 0.25) is 0 Å². The van der Waals surface area contributed by atoms with E-state index < -0.39 is 17.6 Å². The van der Waals surface area contributed by atoms with Crippen molar-refractivity contribution in [2.24, 2.45) is 0 Å². The van der Waals surface area contributed by atoms with E-state index in [9.17, 15) is 14.0 Å². The smallest absolute Gasteiger partial charge is 0.254 e. The van der Waals surface area contributed by atoms with Crippen molar-refractivity contribution in [1.82, 2.24) is 15.1 Å². The third kappa shape index (κ3) is 4.74. The summed E-state index contributed by atoms with van der Waals surface area (Å²) >= 11 is 0. The van der Waals surface area contributed by atoms with E-state index in [1.54, 1.807) is 10.7 Å². The summed E-state index contributed by atoms with van der Waals surface area (Å²) in [5.41, 5.74) is 2.34. The van der Waals surface area contributed by atoms with Crippen LogP contribution in [0.1, 0.15) is 42.4 Å². The molecule has 3 rings (SSSR count). The number of carbonyl (C=O) groups is 2. The quantitative estimate of drug-likeness (QED) is 0.670. The van der Waals surface area contributed by atoms with E-state index in [0.29, 0.717) is 5.82 Å². The first-order valence-electron chi connectivity index (χ1n) is 9.66. The molecule has 0 bridgehead atoms. The van der Waals surface area contributed by atoms with Crippen molar-refractivity contribution < 1.29 is 14.0 Å². The fourth-order valence-corrected chi connectivity index (χ4v) is 2.91. The summed E-state index contributed by atoms with van der Waals surface area (Å²) in [6, 6.07) is 15.2. The summed E-state index contributed by atoms with van der Waals surface area (Å²) in [7, 11) is 0. The normalized spacial score (nSPS) is 11.2. The molecule has 0 saturated carbocycles. The van der Waals surface area contributed by atoms with Crippen molar-refractivity contribution in [2.45, 2.75) is 33.1 Å². The Kier molecular flexibility index (Phi) is 6.01. The van der Waals surface area contributed by atoms with Gasteiger partial charge in [0.2, 0.25) is 5.91 Å². The fraction of sp³-hybridized carbons (Fsp3) is 0.261. The zero-order valence-corrected chi connectivity index (χ0v) is 17.5. The largest absolute Gasteiger partial charge is 0.343 e. The Morgan fingerprint density at radius 2 is 1.73 bits per heavy atom. The first-order chi connectivity index (χ1) is 14.2. The molecule has 0 aliphatic heterocycles. The SMILES string of the molecule is Cc1ccccc1-n1nc(C(C)(C)C)cc1NC(=O)CNC(=O)c1ccccc1F. The van der Waals surface area contributed by atoms with Crippen molar-refractivity contribution >= 4 is 17.6 Å². The van der Waals surface area contributed by atoms with Crippen molar-refractivity contribution in [3.8, 4) is 5.69 Å². The molecular formula is C23H25FN4O2. The standard InChI is InChI=1S/C23H25FN4O2/c1-15-9-5-8-12-18(15)28-20(13-19(27-28)23(2,3)4)26-21(29)14-25-22(30)16-10-6-7-11-17(16)24/h5-13H,14H2,1-4H3,(H,25,30)(H,26,29). The van der Waals surface area contributed by atoms with E-state index in [1.807, 2.05) is 58.0 Å². The number of benzene rings is 2. The van der Waals surface area contributed by atoms with Crippen LogP contribution in [-0.2, 0) is 10.2 Å². The van der Waals surface area contributed by atoms with Gasteiger partial charge in [-0.1, -0.05) is 51.1 Å². The Hall–Kier alpha value is -3.48. The van der Waals surface area contributed by atoms with Crippen LogP contribution in [0, 0.1) is 12.7 Å². The second kappa shape index (κ2) is 8.49. The summed E-state index contributed by atoms with van der Waals surface area (Å²) in [4.78, 5) is 24.6. The molecule has 3 aromatic rings. The van der Waals surface area contributed by atoms with Crippen molar-refractivity contribution in [1.29, 1.82) is 0 Å². The van der Waals surface area contributed by atoms with E-state index in [-0.39, 0.29) is 17.5 Å². The second-order valence-electron chi connectivity index (χ2n) is 8.07. The summed E-state index contributed by atoms with van der Waals surface area (Å²) < 4.78 is 15.4. The third-order valence-electron chi connectivity index (χ3n) is 4.62. The number of nitrogens with zero attached hydrogens (tertiary/aromatic N) is 2. The molecule has 0 spiro atoms. The molecule has 2 N–H and O–H groups in total. The average molecular weight is 408 g/mol. The molecule has 1 aromatic heterocycles. The molecule has 0 atom stereocenters. The van der Waals surface area contributed by atoms with Crippen LogP contribution in [0.25, 0.3) is 5.69 Å². The number of aryl methyl sites for hydroxylation is 1. The highest BCUT2D eigenvalue weighted by atomic mass is 19.1. The topological polar surface area (TPSA) is 76.0 Å². The Bertz CT molecular complexity index is 1080. The van der Waals surface area contributed by atoms with Gasteiger partial charge in [-0.2, -0.15) is 5.10 Å². The predicted molar refractivity (Wildman–Crippen MR) is 114 cm³/mol. The van der Waals surface area contributed by atoms with Crippen LogP contribution >= 0.6 is 0 Å². The Morgan fingerprint density at radius 1 is 1.07 bits per heavy atom. The highest BCUT2D eigenvalue weighted by Gasteiger charge is 2.22. The number of amides is 2. The zero-order valence-electron chi connectivity index (χ0n) is 17.5. The molecular weight excluding hydrogens is 383 g/mol. The predicted octanol–water partition coefficient (Wildman–Crippen LogP) is 3.99. The van der Waals surface area contributed by atoms with Crippen LogP contribution in [0.15, 0.2) is 54.6 Å². The Balaban J connectivity index is 1.79. The Labute approximate surface area is 175 Å². The maximum absolute atomic E-state index is 13.7. The molecule has 0 fully saturated rings. The minimum atomic E-state index is -0.647. The van der Waals surface area contributed by atoms with E-state index in [1.165, 1.54) is 18.2 Å². The van der Waals surface area contributed by atoms with Crippen LogP contribution < -0.4 is 10.6 Å². The minimum absolute atomic E-state index is 0.106. The third-order valence-corrected chi connectivity index (χ3v) is 4.62. The number of para-hydroxylation sites is 1. The molecule has 0 aliphatic carbocycles. The van der Waals surface area contributed by atoms with Gasteiger partial charge < -0.3 is 10.6 Å². The highest BCUT2D eigenvalue weighted by Crippen LogP contribution is 2.27. The lowest BCUT2D eigenvalue weighted by Crippen LogP contribution is -2.33. The van der Waals surface area contributed by atoms with Gasteiger partial charge in [-0.3, -0.25) is 9.59 Å². The fourth-order valence-electron chi connectivity index (χ4n) is 2.91. The lowest BCUT2D eigenvalue weighted by molar-refractivity contribution is -0.115. The van der Waals surface area contributed by atoms with Crippen molar-refractivity contribution in [3.63, 3.8) is 0 Å². The number of nitrogens with one attached hydrogen (secondary N) is 2. The molecule has 30 heavy (non-hydrogen) atoms. The van der Waals surface area contributed by atoms with Crippen molar-refractivity contribution in [2.75, 3.05) is 11.9 Å². The van der Waals surface area contributed by atoms with Gasteiger partial charge in [0.1, 0.15) is 11.6 Å². The second-order valence-corrected chi connectivity index (χ2v) is 8.07. The molecule has 6 nitrogen and oxygen atoms in total. The van der Waals surface area contributed by atoms with Gasteiger partial charge in [0, 0.05) is 11.5 Å². The number of anilines is 1. The summed E-state index contributed by atoms with van der Waals surface area (Å²) in [5.74, 6) is -1.22. The van der Waals surface area contributed by atoms with Crippen LogP contribution in [0.4, 0.5) is 10.2 Å². The molecule has 0 aliphatic rings. The summed E-state index contributed by atoms with van der Waals surface area (Å²) in [6.07, 6.45) is 0. The molecule has 2 aromatic carbocycles. The van der Waals surface area contributed by atoms with E-state index in [4.69, 9.17) is 0 Å². The average Bonchev–Trinajstić information content (AvgIpc) is 3.11. The molecule has 0 saturated heterocycles. The van der Waals surface area contributed by atoms with Crippen LogP contribution in [0.5, 0.6) is 0 Å². The van der Waals surface area contributed by atoms with Crippen molar-refractivity contribution in [3.05, 3.63) is 77.2 Å². The molecule has 7 heteroatoms. The van der Waals surface area contributed by atoms with E-state index in [0.717, 1.165) is 16.9 Å². The number of halogens is 1. The lowest BCUT2D eigenvalue weighted by atomic mass is 9.92. The molecule has 156 valence electrons. The van der Waals surface area contributed by atoms with Gasteiger partial charge in [-0.25, -0.2) is 9.07 Å². The van der Waals surface area contributed by atoms with Gasteiger partial charge >= 0.3 is 0 Å². The van der Waals surface area contributed by atoms with E-state index >= 15 is 0 Å². The molecule has 1 heterocycles. The monoisotopic (exact) mass is 408 g/mol. The Morgan fingerprint density at radius 3 is 2.40 bits per heavy atom. The highest BCUT2D eigenvalue weighted by molar-refractivity contribution is 5.99. The molecule has 0 radical (unpaired) electrons.